The van der Waals surface area contributed by atoms with Crippen LogP contribution in [0.5, 0.6) is 0 Å². The zero-order valence-electron chi connectivity index (χ0n) is 13.7. The van der Waals surface area contributed by atoms with E-state index >= 15 is 0 Å². The number of anilines is 2. The first kappa shape index (κ1) is 17.0. The first-order chi connectivity index (χ1) is 11.5. The number of aromatic nitrogens is 2. The molecule has 0 aromatic carbocycles. The number of amides is 2. The third-order valence-electron chi connectivity index (χ3n) is 4.11. The van der Waals surface area contributed by atoms with Gasteiger partial charge >= 0.3 is 0 Å². The van der Waals surface area contributed by atoms with Crippen LogP contribution in [0.4, 0.5) is 10.3 Å². The van der Waals surface area contributed by atoms with Crippen molar-refractivity contribution in [3.63, 3.8) is 0 Å². The Hall–Kier alpha value is -1.80. The van der Waals surface area contributed by atoms with Gasteiger partial charge in [-0.3, -0.25) is 9.59 Å². The molecular formula is C16H20N4O2S2. The fourth-order valence-electron chi connectivity index (χ4n) is 2.90. The van der Waals surface area contributed by atoms with Crippen LogP contribution in [0.2, 0.25) is 0 Å². The normalized spacial score (nSPS) is 20.6. The fourth-order valence-corrected chi connectivity index (χ4v) is 4.29. The summed E-state index contributed by atoms with van der Waals surface area (Å²) < 4.78 is 0. The second-order valence-corrected chi connectivity index (χ2v) is 7.84. The van der Waals surface area contributed by atoms with E-state index in [9.17, 15) is 9.59 Å². The number of aryl methyl sites for hydroxylation is 2. The summed E-state index contributed by atoms with van der Waals surface area (Å²) in [5, 5.41) is 10.8. The predicted molar refractivity (Wildman–Crippen MR) is 96.4 cm³/mol. The van der Waals surface area contributed by atoms with Crippen LogP contribution in [0.3, 0.4) is 0 Å². The largest absolute Gasteiger partial charge is 0.302 e. The van der Waals surface area contributed by atoms with Crippen LogP contribution in [0, 0.1) is 25.7 Å². The average molecular weight is 364 g/mol. The van der Waals surface area contributed by atoms with Gasteiger partial charge in [-0.25, -0.2) is 9.97 Å². The Labute approximate surface area is 148 Å². The number of thiazole rings is 2. The van der Waals surface area contributed by atoms with Gasteiger partial charge in [0.05, 0.1) is 11.4 Å². The average Bonchev–Trinajstić information content (AvgIpc) is 3.15. The molecule has 3 rings (SSSR count). The predicted octanol–water partition coefficient (Wildman–Crippen LogP) is 3.60. The van der Waals surface area contributed by atoms with Gasteiger partial charge in [-0.1, -0.05) is 6.42 Å². The molecule has 8 heteroatoms. The maximum Gasteiger partial charge on any atom is 0.229 e. The van der Waals surface area contributed by atoms with E-state index in [0.717, 1.165) is 30.7 Å². The van der Waals surface area contributed by atoms with Gasteiger partial charge in [-0.15, -0.1) is 22.7 Å². The van der Waals surface area contributed by atoms with E-state index in [1.807, 2.05) is 24.6 Å². The molecule has 0 unspecified atom stereocenters. The van der Waals surface area contributed by atoms with E-state index in [2.05, 4.69) is 20.6 Å². The molecule has 0 bridgehead atoms. The monoisotopic (exact) mass is 364 g/mol. The minimum absolute atomic E-state index is 0.0352. The van der Waals surface area contributed by atoms with Crippen molar-refractivity contribution < 1.29 is 9.59 Å². The van der Waals surface area contributed by atoms with Gasteiger partial charge in [0.1, 0.15) is 0 Å². The maximum absolute atomic E-state index is 12.4. The summed E-state index contributed by atoms with van der Waals surface area (Å²) in [5.41, 5.74) is 1.80. The highest BCUT2D eigenvalue weighted by Crippen LogP contribution is 2.31. The van der Waals surface area contributed by atoms with Crippen molar-refractivity contribution in [2.75, 3.05) is 10.6 Å². The van der Waals surface area contributed by atoms with Crippen LogP contribution < -0.4 is 10.6 Å². The molecule has 1 saturated carbocycles. The van der Waals surface area contributed by atoms with Crippen LogP contribution >= 0.6 is 22.7 Å². The minimum Gasteiger partial charge on any atom is -0.302 e. The summed E-state index contributed by atoms with van der Waals surface area (Å²) in [5.74, 6) is -0.354. The number of nitrogens with one attached hydrogen (secondary N) is 2. The van der Waals surface area contributed by atoms with Crippen LogP contribution in [-0.4, -0.2) is 21.8 Å². The zero-order valence-corrected chi connectivity index (χ0v) is 15.3. The second kappa shape index (κ2) is 7.40. The van der Waals surface area contributed by atoms with Gasteiger partial charge in [-0.2, -0.15) is 0 Å². The molecular weight excluding hydrogens is 344 g/mol. The van der Waals surface area contributed by atoms with Crippen molar-refractivity contribution in [3.05, 3.63) is 22.1 Å². The lowest BCUT2D eigenvalue weighted by Crippen LogP contribution is -2.33. The first-order valence-corrected chi connectivity index (χ1v) is 9.73. The van der Waals surface area contributed by atoms with Gasteiger partial charge in [0.15, 0.2) is 10.3 Å². The molecule has 2 N–H and O–H groups in total. The Kier molecular flexibility index (Phi) is 5.25. The van der Waals surface area contributed by atoms with Crippen LogP contribution in [0.15, 0.2) is 10.8 Å². The smallest absolute Gasteiger partial charge is 0.229 e. The fraction of sp³-hybridized carbons (Fsp3) is 0.500. The van der Waals surface area contributed by atoms with Crippen molar-refractivity contribution in [2.45, 2.75) is 39.5 Å². The van der Waals surface area contributed by atoms with E-state index < -0.39 is 0 Å². The van der Waals surface area contributed by atoms with Crippen molar-refractivity contribution in [1.29, 1.82) is 0 Å². The maximum atomic E-state index is 12.4. The third kappa shape index (κ3) is 4.18. The molecule has 2 amide bonds. The molecule has 2 aromatic rings. The van der Waals surface area contributed by atoms with E-state index in [0.29, 0.717) is 16.7 Å². The summed E-state index contributed by atoms with van der Waals surface area (Å²) in [6.07, 6.45) is 3.09. The Balaban J connectivity index is 1.57. The molecule has 2 aromatic heterocycles. The lowest BCUT2D eigenvalue weighted by molar-refractivity contribution is -0.124. The van der Waals surface area contributed by atoms with Crippen LogP contribution in [0.25, 0.3) is 0 Å². The number of hydrogen-bond acceptors (Lipinski definition) is 6. The molecule has 2 atom stereocenters. The molecule has 0 radical (unpaired) electrons. The highest BCUT2D eigenvalue weighted by atomic mass is 32.1. The summed E-state index contributed by atoms with van der Waals surface area (Å²) >= 11 is 2.85. The van der Waals surface area contributed by atoms with E-state index in [1.54, 1.807) is 0 Å². The Morgan fingerprint density at radius 2 is 1.42 bits per heavy atom. The van der Waals surface area contributed by atoms with Crippen molar-refractivity contribution in [3.8, 4) is 0 Å². The van der Waals surface area contributed by atoms with E-state index in [-0.39, 0.29) is 23.7 Å². The van der Waals surface area contributed by atoms with Gasteiger partial charge in [0.25, 0.3) is 0 Å². The van der Waals surface area contributed by atoms with Crippen LogP contribution in [0.1, 0.15) is 37.1 Å². The molecule has 1 aliphatic carbocycles. The summed E-state index contributed by atoms with van der Waals surface area (Å²) in [7, 11) is 0. The van der Waals surface area contributed by atoms with Gasteiger partial charge in [-0.05, 0) is 33.1 Å². The van der Waals surface area contributed by atoms with Crippen LogP contribution in [-0.2, 0) is 9.59 Å². The number of carbonyl (C=O) groups excluding carboxylic acids is 2. The van der Waals surface area contributed by atoms with Gasteiger partial charge in [0, 0.05) is 22.6 Å². The molecule has 0 spiro atoms. The SMILES string of the molecule is Cc1csc(NC(=O)[C@H]2CCC[C@H](C(=O)Nc3nc(C)cs3)C2)n1. The molecule has 1 aliphatic rings. The number of carbonyl (C=O) groups is 2. The molecule has 0 aliphatic heterocycles. The van der Waals surface area contributed by atoms with E-state index in [1.165, 1.54) is 22.7 Å². The Morgan fingerprint density at radius 3 is 1.79 bits per heavy atom. The van der Waals surface area contributed by atoms with Crippen molar-refractivity contribution >= 4 is 44.8 Å². The first-order valence-electron chi connectivity index (χ1n) is 7.97. The van der Waals surface area contributed by atoms with Gasteiger partial charge < -0.3 is 10.6 Å². The summed E-state index contributed by atoms with van der Waals surface area (Å²) in [6.45, 7) is 3.79. The lowest BCUT2D eigenvalue weighted by atomic mass is 9.80. The van der Waals surface area contributed by atoms with Crippen molar-refractivity contribution in [1.82, 2.24) is 9.97 Å². The lowest BCUT2D eigenvalue weighted by Gasteiger charge is -2.27. The van der Waals surface area contributed by atoms with Gasteiger partial charge in [0.2, 0.25) is 11.8 Å². The number of hydrogen-bond donors (Lipinski definition) is 2. The number of nitrogens with zero attached hydrogens (tertiary/aromatic N) is 2. The Morgan fingerprint density at radius 1 is 0.958 bits per heavy atom. The molecule has 2 heterocycles. The highest BCUT2D eigenvalue weighted by molar-refractivity contribution is 7.14. The standard InChI is InChI=1S/C16H20N4O2S2/c1-9-7-23-15(17-9)19-13(21)11-4-3-5-12(6-11)14(22)20-16-18-10(2)8-24-16/h7-8,11-12H,3-6H2,1-2H3,(H,17,19,21)(H,18,20,22)/t11-,12-/m0/s1. The van der Waals surface area contributed by atoms with E-state index in [4.69, 9.17) is 0 Å². The van der Waals surface area contributed by atoms with Crippen molar-refractivity contribution in [2.24, 2.45) is 11.8 Å². The second-order valence-electron chi connectivity index (χ2n) is 6.13. The topological polar surface area (TPSA) is 84.0 Å². The molecule has 6 nitrogen and oxygen atoms in total. The minimum atomic E-state index is -0.142. The quantitative estimate of drug-likeness (QED) is 0.868. The highest BCUT2D eigenvalue weighted by Gasteiger charge is 2.31. The molecule has 24 heavy (non-hydrogen) atoms. The molecule has 128 valence electrons. The number of rotatable bonds is 4. The summed E-state index contributed by atoms with van der Waals surface area (Å²) in [4.78, 5) is 33.4. The third-order valence-corrected chi connectivity index (χ3v) is 5.87. The Bertz CT molecular complexity index is 680. The molecule has 1 fully saturated rings. The zero-order chi connectivity index (χ0) is 17.1. The molecule has 0 saturated heterocycles. The summed E-state index contributed by atoms with van der Waals surface area (Å²) in [6, 6.07) is 0.